The molecule has 0 aliphatic rings. The van der Waals surface area contributed by atoms with Gasteiger partial charge in [-0.05, 0) is 25.1 Å². The predicted molar refractivity (Wildman–Crippen MR) is 61.6 cm³/mol. The minimum absolute atomic E-state index is 0.218. The Hall–Kier alpha value is -1.00. The lowest BCUT2D eigenvalue weighted by atomic mass is 10.0. The molecule has 1 unspecified atom stereocenters. The molecule has 1 aromatic carbocycles. The Bertz CT molecular complexity index is 329. The predicted octanol–water partition coefficient (Wildman–Crippen LogP) is 2.19. The summed E-state index contributed by atoms with van der Waals surface area (Å²) in [5.74, 6) is 0. The molecule has 0 aliphatic carbocycles. The molecule has 1 aromatic rings. The van der Waals surface area contributed by atoms with Crippen LogP contribution in [0.4, 0.5) is 8.78 Å². The molecule has 0 saturated carbocycles. The molecule has 0 radical (unpaired) electrons. The number of rotatable bonds is 5. The van der Waals surface area contributed by atoms with E-state index < -0.39 is 6.43 Å². The Morgan fingerprint density at radius 3 is 2.44 bits per heavy atom. The van der Waals surface area contributed by atoms with Crippen molar-refractivity contribution in [1.29, 1.82) is 0 Å². The molecular weight excluding hydrogens is 210 g/mol. The highest BCUT2D eigenvalue weighted by atomic mass is 19.3. The van der Waals surface area contributed by atoms with Crippen LogP contribution in [0.15, 0.2) is 24.3 Å². The lowest BCUT2D eigenvalue weighted by molar-refractivity contribution is 0.0978. The Morgan fingerprint density at radius 1 is 1.25 bits per heavy atom. The Morgan fingerprint density at radius 2 is 1.88 bits per heavy atom. The van der Waals surface area contributed by atoms with Crippen molar-refractivity contribution in [2.45, 2.75) is 19.4 Å². The fourth-order valence-corrected chi connectivity index (χ4v) is 1.75. The van der Waals surface area contributed by atoms with E-state index in [0.717, 1.165) is 11.1 Å². The number of halogens is 2. The maximum Gasteiger partial charge on any atom is 0.251 e. The van der Waals surface area contributed by atoms with Gasteiger partial charge in [-0.15, -0.1) is 0 Å². The molecule has 4 heteroatoms. The summed E-state index contributed by atoms with van der Waals surface area (Å²) in [6.45, 7) is 2.18. The number of hydrogen-bond donors (Lipinski definition) is 1. The smallest absolute Gasteiger partial charge is 0.251 e. The topological polar surface area (TPSA) is 29.3 Å². The van der Waals surface area contributed by atoms with Gasteiger partial charge in [0.15, 0.2) is 0 Å². The maximum absolute atomic E-state index is 12.1. The van der Waals surface area contributed by atoms with Crippen LogP contribution in [-0.4, -0.2) is 31.5 Å². The largest absolute Gasteiger partial charge is 0.323 e. The fourth-order valence-electron chi connectivity index (χ4n) is 1.75. The quantitative estimate of drug-likeness (QED) is 0.837. The second kappa shape index (κ2) is 5.92. The summed E-state index contributed by atoms with van der Waals surface area (Å²) in [7, 11) is 1.66. The van der Waals surface area contributed by atoms with Crippen LogP contribution in [0.25, 0.3) is 0 Å². The molecule has 0 saturated heterocycles. The monoisotopic (exact) mass is 228 g/mol. The van der Waals surface area contributed by atoms with E-state index in [2.05, 4.69) is 0 Å². The zero-order valence-corrected chi connectivity index (χ0v) is 9.66. The van der Waals surface area contributed by atoms with Gasteiger partial charge in [-0.2, -0.15) is 0 Å². The van der Waals surface area contributed by atoms with Crippen molar-refractivity contribution in [3.63, 3.8) is 0 Å². The minimum Gasteiger partial charge on any atom is -0.323 e. The number of nitrogens with two attached hydrogens (primary N) is 1. The molecule has 0 spiro atoms. The lowest BCUT2D eigenvalue weighted by Gasteiger charge is -2.22. The van der Waals surface area contributed by atoms with Gasteiger partial charge in [0.1, 0.15) is 0 Å². The van der Waals surface area contributed by atoms with Gasteiger partial charge in [0.05, 0.1) is 6.54 Å². The molecule has 1 rings (SSSR count). The number of hydrogen-bond acceptors (Lipinski definition) is 2. The average molecular weight is 228 g/mol. The second-order valence-corrected chi connectivity index (χ2v) is 4.08. The minimum atomic E-state index is -2.31. The van der Waals surface area contributed by atoms with Crippen LogP contribution in [0.1, 0.15) is 17.2 Å². The summed E-state index contributed by atoms with van der Waals surface area (Å²) < 4.78 is 24.3. The first-order valence-electron chi connectivity index (χ1n) is 5.28. The molecule has 2 N–H and O–H groups in total. The van der Waals surface area contributed by atoms with Crippen molar-refractivity contribution >= 4 is 0 Å². The van der Waals surface area contributed by atoms with Crippen molar-refractivity contribution in [3.8, 4) is 0 Å². The molecule has 2 nitrogen and oxygen atoms in total. The van der Waals surface area contributed by atoms with Crippen LogP contribution in [-0.2, 0) is 0 Å². The van der Waals surface area contributed by atoms with Crippen molar-refractivity contribution in [2.24, 2.45) is 5.73 Å². The molecule has 0 aliphatic heterocycles. The third kappa shape index (κ3) is 3.87. The van der Waals surface area contributed by atoms with E-state index >= 15 is 0 Å². The number of likely N-dealkylation sites (N-methyl/N-ethyl adjacent to an activating group) is 1. The first-order valence-corrected chi connectivity index (χ1v) is 5.28. The van der Waals surface area contributed by atoms with Crippen molar-refractivity contribution < 1.29 is 8.78 Å². The highest BCUT2D eigenvalue weighted by Crippen LogP contribution is 2.16. The summed E-state index contributed by atoms with van der Waals surface area (Å²) in [5, 5.41) is 0. The Balaban J connectivity index is 2.58. The normalized spacial score (nSPS) is 13.4. The molecule has 0 heterocycles. The van der Waals surface area contributed by atoms with Gasteiger partial charge in [0.2, 0.25) is 0 Å². The summed E-state index contributed by atoms with van der Waals surface area (Å²) in [5.41, 5.74) is 8.10. The first kappa shape index (κ1) is 13.1. The van der Waals surface area contributed by atoms with E-state index in [4.69, 9.17) is 5.73 Å². The SMILES string of the molecule is Cc1ccccc1C(N)CN(C)CC(F)F. The number of benzene rings is 1. The number of nitrogens with zero attached hydrogens (tertiary/aromatic N) is 1. The molecule has 0 amide bonds. The van der Waals surface area contributed by atoms with Gasteiger partial charge in [-0.25, -0.2) is 8.78 Å². The van der Waals surface area contributed by atoms with Crippen LogP contribution in [0, 0.1) is 6.92 Å². The van der Waals surface area contributed by atoms with Gasteiger partial charge < -0.3 is 5.73 Å². The third-order valence-corrected chi connectivity index (χ3v) is 2.55. The van der Waals surface area contributed by atoms with E-state index in [-0.39, 0.29) is 12.6 Å². The van der Waals surface area contributed by atoms with Crippen molar-refractivity contribution in [2.75, 3.05) is 20.1 Å². The molecule has 16 heavy (non-hydrogen) atoms. The molecule has 0 aromatic heterocycles. The van der Waals surface area contributed by atoms with Gasteiger partial charge in [-0.1, -0.05) is 24.3 Å². The van der Waals surface area contributed by atoms with Crippen LogP contribution in [0.2, 0.25) is 0 Å². The van der Waals surface area contributed by atoms with Crippen LogP contribution >= 0.6 is 0 Å². The second-order valence-electron chi connectivity index (χ2n) is 4.08. The summed E-state index contributed by atoms with van der Waals surface area (Å²) in [4.78, 5) is 1.56. The van der Waals surface area contributed by atoms with Gasteiger partial charge in [-0.3, -0.25) is 4.90 Å². The van der Waals surface area contributed by atoms with Gasteiger partial charge in [0, 0.05) is 12.6 Å². The van der Waals surface area contributed by atoms with E-state index in [1.54, 1.807) is 11.9 Å². The Kier molecular flexibility index (Phi) is 4.83. The summed E-state index contributed by atoms with van der Waals surface area (Å²) in [6.07, 6.45) is -2.31. The number of alkyl halides is 2. The Labute approximate surface area is 95.1 Å². The zero-order chi connectivity index (χ0) is 12.1. The van der Waals surface area contributed by atoms with E-state index in [9.17, 15) is 8.78 Å². The molecule has 0 fully saturated rings. The van der Waals surface area contributed by atoms with Crippen LogP contribution < -0.4 is 5.73 Å². The lowest BCUT2D eigenvalue weighted by Crippen LogP contribution is -2.32. The number of aryl methyl sites for hydroxylation is 1. The van der Waals surface area contributed by atoms with Gasteiger partial charge >= 0.3 is 0 Å². The third-order valence-electron chi connectivity index (χ3n) is 2.55. The van der Waals surface area contributed by atoms with Crippen molar-refractivity contribution in [1.82, 2.24) is 4.90 Å². The van der Waals surface area contributed by atoms with E-state index in [1.165, 1.54) is 0 Å². The van der Waals surface area contributed by atoms with Gasteiger partial charge in [0.25, 0.3) is 6.43 Å². The van der Waals surface area contributed by atoms with Crippen LogP contribution in [0.3, 0.4) is 0 Å². The fraction of sp³-hybridized carbons (Fsp3) is 0.500. The van der Waals surface area contributed by atoms with E-state index in [1.807, 2.05) is 31.2 Å². The van der Waals surface area contributed by atoms with Crippen LogP contribution in [0.5, 0.6) is 0 Å². The molecule has 90 valence electrons. The van der Waals surface area contributed by atoms with Crippen molar-refractivity contribution in [3.05, 3.63) is 35.4 Å². The summed E-state index contributed by atoms with van der Waals surface area (Å²) in [6, 6.07) is 7.55. The highest BCUT2D eigenvalue weighted by Gasteiger charge is 2.13. The first-order chi connectivity index (χ1) is 7.50. The zero-order valence-electron chi connectivity index (χ0n) is 9.66. The highest BCUT2D eigenvalue weighted by molar-refractivity contribution is 5.28. The molecule has 1 atom stereocenters. The van der Waals surface area contributed by atoms with E-state index in [0.29, 0.717) is 6.54 Å². The average Bonchev–Trinajstić information content (AvgIpc) is 2.16. The maximum atomic E-state index is 12.1. The standard InChI is InChI=1S/C12H18F2N2/c1-9-5-3-4-6-10(9)11(15)7-16(2)8-12(13)14/h3-6,11-12H,7-8,15H2,1-2H3. The molecule has 0 bridgehead atoms. The molecular formula is C12H18F2N2. The summed E-state index contributed by atoms with van der Waals surface area (Å²) >= 11 is 0.